The fraction of sp³-hybridized carbons (Fsp3) is 0.385. The average Bonchev–Trinajstić information content (AvgIpc) is 2.36. The Bertz CT molecular complexity index is 466. The first-order valence-corrected chi connectivity index (χ1v) is 5.43. The van der Waals surface area contributed by atoms with Crippen LogP contribution in [0.2, 0.25) is 0 Å². The van der Waals surface area contributed by atoms with Crippen molar-refractivity contribution in [2.45, 2.75) is 18.9 Å². The lowest BCUT2D eigenvalue weighted by Crippen LogP contribution is -2.42. The number of benzene rings is 1. The van der Waals surface area contributed by atoms with Crippen LogP contribution in [0.1, 0.15) is 18.9 Å². The quantitative estimate of drug-likeness (QED) is 0.831. The fourth-order valence-corrected chi connectivity index (χ4v) is 1.39. The molecule has 96 valence electrons. The highest BCUT2D eigenvalue weighted by atomic mass is 16.5. The van der Waals surface area contributed by atoms with Crippen LogP contribution < -0.4 is 4.74 Å². The van der Waals surface area contributed by atoms with E-state index in [0.717, 1.165) is 0 Å². The number of carbonyl (C=O) groups is 1. The fourth-order valence-electron chi connectivity index (χ4n) is 1.39. The first-order chi connectivity index (χ1) is 8.51. The summed E-state index contributed by atoms with van der Waals surface area (Å²) in [6, 6.07) is 8.37. The minimum Gasteiger partial charge on any atom is -0.478 e. The van der Waals surface area contributed by atoms with Crippen LogP contribution in [0.5, 0.6) is 5.75 Å². The van der Waals surface area contributed by atoms with Gasteiger partial charge in [-0.05, 0) is 25.1 Å². The highest BCUT2D eigenvalue weighted by molar-refractivity contribution is 5.77. The molecule has 1 rings (SSSR count). The summed E-state index contributed by atoms with van der Waals surface area (Å²) in [6.07, 6.45) is 0.218. The van der Waals surface area contributed by atoms with Crippen LogP contribution in [-0.4, -0.2) is 30.4 Å². The molecule has 0 radical (unpaired) electrons. The lowest BCUT2D eigenvalue weighted by atomic mass is 10.0. The maximum atomic E-state index is 11.2. The monoisotopic (exact) mass is 249 g/mol. The third-order valence-corrected chi connectivity index (χ3v) is 2.54. The number of methoxy groups -OCH3 is 1. The lowest BCUT2D eigenvalue weighted by molar-refractivity contribution is -0.155. The third-order valence-electron chi connectivity index (χ3n) is 2.54. The highest BCUT2D eigenvalue weighted by Gasteiger charge is 2.35. The molecular formula is C13H15NO4. The zero-order chi connectivity index (χ0) is 13.6. The van der Waals surface area contributed by atoms with Crippen molar-refractivity contribution in [3.05, 3.63) is 29.8 Å². The molecule has 1 aromatic carbocycles. The molecule has 5 nitrogen and oxygen atoms in total. The standard InChI is InChI=1S/C13H15NO4/c1-13(12(15)16,6-7-17-2)18-11-5-3-4-10(8-11)9-14/h3-5,8H,6-7H2,1-2H3,(H,15,16). The molecule has 1 unspecified atom stereocenters. The number of hydrogen-bond acceptors (Lipinski definition) is 4. The van der Waals surface area contributed by atoms with Gasteiger partial charge in [-0.2, -0.15) is 5.26 Å². The molecule has 0 amide bonds. The number of rotatable bonds is 6. The van der Waals surface area contributed by atoms with Crippen molar-refractivity contribution >= 4 is 5.97 Å². The van der Waals surface area contributed by atoms with Crippen molar-refractivity contribution < 1.29 is 19.4 Å². The minimum atomic E-state index is -1.37. The second kappa shape index (κ2) is 6.03. The number of carboxylic acids is 1. The molecule has 0 aromatic heterocycles. The van der Waals surface area contributed by atoms with Crippen LogP contribution in [0, 0.1) is 11.3 Å². The van der Waals surface area contributed by atoms with E-state index in [-0.39, 0.29) is 13.0 Å². The molecule has 0 saturated heterocycles. The van der Waals surface area contributed by atoms with Gasteiger partial charge in [0.15, 0.2) is 0 Å². The van der Waals surface area contributed by atoms with Crippen LogP contribution in [0.3, 0.4) is 0 Å². The van der Waals surface area contributed by atoms with Gasteiger partial charge in [0.25, 0.3) is 0 Å². The summed E-state index contributed by atoms with van der Waals surface area (Å²) < 4.78 is 10.4. The molecule has 0 heterocycles. The van der Waals surface area contributed by atoms with Gasteiger partial charge in [0.1, 0.15) is 5.75 Å². The molecule has 1 atom stereocenters. The van der Waals surface area contributed by atoms with Crippen molar-refractivity contribution in [2.24, 2.45) is 0 Å². The van der Waals surface area contributed by atoms with E-state index in [9.17, 15) is 9.90 Å². The Balaban J connectivity index is 2.89. The molecule has 5 heteroatoms. The van der Waals surface area contributed by atoms with Gasteiger partial charge in [-0.25, -0.2) is 4.79 Å². The Morgan fingerprint density at radius 2 is 2.28 bits per heavy atom. The van der Waals surface area contributed by atoms with E-state index in [1.807, 2.05) is 6.07 Å². The van der Waals surface area contributed by atoms with Gasteiger partial charge < -0.3 is 14.6 Å². The van der Waals surface area contributed by atoms with Gasteiger partial charge in [0.05, 0.1) is 18.2 Å². The molecule has 0 spiro atoms. The van der Waals surface area contributed by atoms with Gasteiger partial charge in [-0.1, -0.05) is 6.07 Å². The van der Waals surface area contributed by atoms with E-state index in [1.54, 1.807) is 18.2 Å². The normalized spacial score (nSPS) is 13.4. The Kier molecular flexibility index (Phi) is 4.69. The van der Waals surface area contributed by atoms with Crippen molar-refractivity contribution in [1.29, 1.82) is 5.26 Å². The molecule has 18 heavy (non-hydrogen) atoms. The number of aliphatic carboxylic acids is 1. The third kappa shape index (κ3) is 3.47. The van der Waals surface area contributed by atoms with E-state index in [0.29, 0.717) is 11.3 Å². The number of nitriles is 1. The second-order valence-electron chi connectivity index (χ2n) is 4.02. The van der Waals surface area contributed by atoms with Gasteiger partial charge in [0, 0.05) is 13.5 Å². The Hall–Kier alpha value is -2.06. The summed E-state index contributed by atoms with van der Waals surface area (Å²) in [4.78, 5) is 11.2. The van der Waals surface area contributed by atoms with Crippen LogP contribution in [-0.2, 0) is 9.53 Å². The summed E-state index contributed by atoms with van der Waals surface area (Å²) in [5, 5.41) is 18.0. The predicted octanol–water partition coefficient (Wildman–Crippen LogP) is 1.82. The van der Waals surface area contributed by atoms with Gasteiger partial charge in [0.2, 0.25) is 5.60 Å². The van der Waals surface area contributed by atoms with Crippen molar-refractivity contribution in [2.75, 3.05) is 13.7 Å². The number of carboxylic acid groups (broad SMARTS) is 1. The molecule has 0 saturated carbocycles. The van der Waals surface area contributed by atoms with E-state index >= 15 is 0 Å². The van der Waals surface area contributed by atoms with Crippen LogP contribution in [0.4, 0.5) is 0 Å². The van der Waals surface area contributed by atoms with Gasteiger partial charge in [-0.3, -0.25) is 0 Å². The van der Waals surface area contributed by atoms with Crippen molar-refractivity contribution in [3.63, 3.8) is 0 Å². The van der Waals surface area contributed by atoms with Gasteiger partial charge in [-0.15, -0.1) is 0 Å². The molecule has 0 fully saturated rings. The molecular weight excluding hydrogens is 234 g/mol. The zero-order valence-corrected chi connectivity index (χ0v) is 10.3. The zero-order valence-electron chi connectivity index (χ0n) is 10.3. The van der Waals surface area contributed by atoms with E-state index < -0.39 is 11.6 Å². The topological polar surface area (TPSA) is 79.5 Å². The van der Waals surface area contributed by atoms with Crippen molar-refractivity contribution in [1.82, 2.24) is 0 Å². The number of nitrogens with zero attached hydrogens (tertiary/aromatic N) is 1. The van der Waals surface area contributed by atoms with Crippen LogP contribution in [0.25, 0.3) is 0 Å². The Morgan fingerprint density at radius 3 is 2.83 bits per heavy atom. The van der Waals surface area contributed by atoms with E-state index in [4.69, 9.17) is 14.7 Å². The molecule has 0 aliphatic rings. The predicted molar refractivity (Wildman–Crippen MR) is 64.3 cm³/mol. The lowest BCUT2D eigenvalue weighted by Gasteiger charge is -2.26. The number of ether oxygens (including phenoxy) is 2. The summed E-state index contributed by atoms with van der Waals surface area (Å²) >= 11 is 0. The van der Waals surface area contributed by atoms with Gasteiger partial charge >= 0.3 is 5.97 Å². The molecule has 1 N–H and O–H groups in total. The minimum absolute atomic E-state index is 0.218. The van der Waals surface area contributed by atoms with E-state index in [1.165, 1.54) is 20.1 Å². The smallest absolute Gasteiger partial charge is 0.347 e. The summed E-state index contributed by atoms with van der Waals surface area (Å²) in [5.41, 5.74) is -0.948. The highest BCUT2D eigenvalue weighted by Crippen LogP contribution is 2.22. The SMILES string of the molecule is COCCC(C)(Oc1cccc(C#N)c1)C(=O)O. The Labute approximate surface area is 106 Å². The van der Waals surface area contributed by atoms with Crippen LogP contribution >= 0.6 is 0 Å². The van der Waals surface area contributed by atoms with Crippen LogP contribution in [0.15, 0.2) is 24.3 Å². The molecule has 0 bridgehead atoms. The number of hydrogen-bond donors (Lipinski definition) is 1. The summed E-state index contributed by atoms with van der Waals surface area (Å²) in [6.45, 7) is 1.76. The average molecular weight is 249 g/mol. The molecule has 0 aliphatic heterocycles. The maximum absolute atomic E-state index is 11.2. The Morgan fingerprint density at radius 1 is 1.56 bits per heavy atom. The molecule has 1 aromatic rings. The first kappa shape index (κ1) is 14.0. The van der Waals surface area contributed by atoms with E-state index in [2.05, 4.69) is 0 Å². The first-order valence-electron chi connectivity index (χ1n) is 5.43. The summed E-state index contributed by atoms with van der Waals surface area (Å²) in [7, 11) is 1.50. The largest absolute Gasteiger partial charge is 0.478 e. The maximum Gasteiger partial charge on any atom is 0.347 e. The second-order valence-corrected chi connectivity index (χ2v) is 4.02. The molecule has 0 aliphatic carbocycles. The summed E-state index contributed by atoms with van der Waals surface area (Å²) in [5.74, 6) is -0.711. The van der Waals surface area contributed by atoms with Crippen molar-refractivity contribution in [3.8, 4) is 11.8 Å².